The molecule has 7 nitrogen and oxygen atoms in total. The molecule has 2 aromatic rings. The number of rotatable bonds is 5. The van der Waals surface area contributed by atoms with Gasteiger partial charge in [-0.1, -0.05) is 6.07 Å². The van der Waals surface area contributed by atoms with Crippen molar-refractivity contribution in [2.24, 2.45) is 5.73 Å². The number of esters is 1. The van der Waals surface area contributed by atoms with Crippen molar-refractivity contribution in [1.82, 2.24) is 0 Å². The molecular weight excluding hydrogens is 362 g/mol. The van der Waals surface area contributed by atoms with Gasteiger partial charge in [0.05, 0.1) is 17.6 Å². The highest BCUT2D eigenvalue weighted by Gasteiger charge is 2.26. The van der Waals surface area contributed by atoms with E-state index in [0.29, 0.717) is 5.56 Å². The molecule has 0 unspecified atom stereocenters. The zero-order valence-electron chi connectivity index (χ0n) is 13.3. The number of hydrogen-bond acceptors (Lipinski definition) is 7. The summed E-state index contributed by atoms with van der Waals surface area (Å²) in [4.78, 5) is 36.7. The maximum Gasteiger partial charge on any atom is 0.341 e. The molecular formula is C16H13N3O4S2. The number of hydrogen-bond donors (Lipinski definition) is 2. The van der Waals surface area contributed by atoms with Crippen molar-refractivity contribution in [3.63, 3.8) is 0 Å². The molecule has 0 aliphatic rings. The van der Waals surface area contributed by atoms with Crippen molar-refractivity contribution in [3.05, 3.63) is 44.0 Å². The van der Waals surface area contributed by atoms with E-state index in [0.717, 1.165) is 16.2 Å². The van der Waals surface area contributed by atoms with E-state index in [1.807, 2.05) is 11.4 Å². The van der Waals surface area contributed by atoms with Crippen LogP contribution < -0.4 is 11.1 Å². The molecule has 0 radical (unpaired) electrons. The molecule has 128 valence electrons. The lowest BCUT2D eigenvalue weighted by atomic mass is 10.1. The third kappa shape index (κ3) is 3.93. The number of ether oxygens (including phenoxy) is 1. The van der Waals surface area contributed by atoms with Gasteiger partial charge < -0.3 is 15.8 Å². The lowest BCUT2D eigenvalue weighted by Crippen LogP contribution is -2.15. The third-order valence-electron chi connectivity index (χ3n) is 3.18. The summed E-state index contributed by atoms with van der Waals surface area (Å²) in [5.74, 6) is -2.13. The molecule has 3 N–H and O–H groups in total. The number of nitrogens with zero attached hydrogens (tertiary/aromatic N) is 1. The van der Waals surface area contributed by atoms with Gasteiger partial charge in [0, 0.05) is 4.88 Å². The first kappa shape index (κ1) is 18.4. The normalized spacial score (nSPS) is 10.8. The van der Waals surface area contributed by atoms with E-state index in [1.165, 1.54) is 31.4 Å². The Morgan fingerprint density at radius 1 is 1.40 bits per heavy atom. The van der Waals surface area contributed by atoms with Crippen molar-refractivity contribution in [2.75, 3.05) is 12.4 Å². The third-order valence-corrected chi connectivity index (χ3v) is 5.22. The van der Waals surface area contributed by atoms with Crippen molar-refractivity contribution in [1.29, 1.82) is 5.26 Å². The van der Waals surface area contributed by atoms with E-state index < -0.39 is 17.8 Å². The first-order valence-electron chi connectivity index (χ1n) is 6.87. The maximum absolute atomic E-state index is 12.4. The Morgan fingerprint density at radius 2 is 2.12 bits per heavy atom. The lowest BCUT2D eigenvalue weighted by Gasteiger charge is -2.05. The number of amides is 2. The van der Waals surface area contributed by atoms with Crippen LogP contribution in [0.2, 0.25) is 0 Å². The highest BCUT2D eigenvalue weighted by molar-refractivity contribution is 7.18. The second-order valence-corrected chi connectivity index (χ2v) is 6.76. The molecule has 0 aliphatic heterocycles. The van der Waals surface area contributed by atoms with Crippen molar-refractivity contribution in [3.8, 4) is 6.07 Å². The SMILES string of the molecule is COC(=O)c1c(NC(=O)C(C#N)=Cc2cccs2)sc(C(N)=O)c1C. The molecule has 2 rings (SSSR count). The zero-order valence-corrected chi connectivity index (χ0v) is 14.9. The van der Waals surface area contributed by atoms with E-state index in [9.17, 15) is 19.6 Å². The molecule has 2 amide bonds. The fourth-order valence-electron chi connectivity index (χ4n) is 2.02. The summed E-state index contributed by atoms with van der Waals surface area (Å²) in [5, 5.41) is 13.6. The van der Waals surface area contributed by atoms with Gasteiger partial charge in [0.15, 0.2) is 0 Å². The maximum atomic E-state index is 12.4. The number of primary amides is 1. The smallest absolute Gasteiger partial charge is 0.341 e. The quantitative estimate of drug-likeness (QED) is 0.472. The van der Waals surface area contributed by atoms with Crippen LogP contribution in [-0.4, -0.2) is 24.9 Å². The van der Waals surface area contributed by atoms with Gasteiger partial charge in [-0.2, -0.15) is 5.26 Å². The number of carbonyl (C=O) groups excluding carboxylic acids is 3. The number of thiophene rings is 2. The van der Waals surface area contributed by atoms with Gasteiger partial charge in [0.25, 0.3) is 11.8 Å². The predicted molar refractivity (Wildman–Crippen MR) is 95.5 cm³/mol. The Kier molecular flexibility index (Phi) is 5.69. The molecule has 0 spiro atoms. The molecule has 0 saturated heterocycles. The van der Waals surface area contributed by atoms with Gasteiger partial charge in [-0.05, 0) is 30.0 Å². The van der Waals surface area contributed by atoms with E-state index >= 15 is 0 Å². The van der Waals surface area contributed by atoms with Gasteiger partial charge in [0.2, 0.25) is 0 Å². The molecule has 0 atom stereocenters. The van der Waals surface area contributed by atoms with Crippen LogP contribution in [0.1, 0.15) is 30.5 Å². The molecule has 0 saturated carbocycles. The summed E-state index contributed by atoms with van der Waals surface area (Å²) >= 11 is 2.23. The molecule has 2 heterocycles. The average molecular weight is 375 g/mol. The highest BCUT2D eigenvalue weighted by atomic mass is 32.1. The lowest BCUT2D eigenvalue weighted by molar-refractivity contribution is -0.112. The van der Waals surface area contributed by atoms with Crippen LogP contribution in [0.4, 0.5) is 5.00 Å². The van der Waals surface area contributed by atoms with Crippen LogP contribution in [0.15, 0.2) is 23.1 Å². The summed E-state index contributed by atoms with van der Waals surface area (Å²) < 4.78 is 4.69. The van der Waals surface area contributed by atoms with E-state index in [2.05, 4.69) is 5.32 Å². The summed E-state index contributed by atoms with van der Waals surface area (Å²) in [6.45, 7) is 1.53. The largest absolute Gasteiger partial charge is 0.465 e. The molecule has 0 aliphatic carbocycles. The predicted octanol–water partition coefficient (Wildman–Crippen LogP) is 2.55. The van der Waals surface area contributed by atoms with E-state index in [4.69, 9.17) is 10.5 Å². The van der Waals surface area contributed by atoms with Gasteiger partial charge in [-0.3, -0.25) is 9.59 Å². The van der Waals surface area contributed by atoms with Crippen LogP contribution in [0, 0.1) is 18.3 Å². The molecule has 0 fully saturated rings. The van der Waals surface area contributed by atoms with Crippen molar-refractivity contribution < 1.29 is 19.1 Å². The first-order chi connectivity index (χ1) is 11.9. The summed E-state index contributed by atoms with van der Waals surface area (Å²) in [5.41, 5.74) is 5.52. The van der Waals surface area contributed by atoms with E-state index in [-0.39, 0.29) is 21.0 Å². The van der Waals surface area contributed by atoms with E-state index in [1.54, 1.807) is 12.1 Å². The summed E-state index contributed by atoms with van der Waals surface area (Å²) in [7, 11) is 1.19. The Bertz CT molecular complexity index is 905. The zero-order chi connectivity index (χ0) is 18.6. The van der Waals surface area contributed by atoms with Gasteiger partial charge in [-0.15, -0.1) is 22.7 Å². The number of nitrogens with two attached hydrogens (primary N) is 1. The summed E-state index contributed by atoms with van der Waals surface area (Å²) in [6, 6.07) is 5.37. The minimum Gasteiger partial charge on any atom is -0.465 e. The molecule has 0 aromatic carbocycles. The van der Waals surface area contributed by atoms with Crippen LogP contribution >= 0.6 is 22.7 Å². The first-order valence-corrected chi connectivity index (χ1v) is 8.56. The number of nitriles is 1. The molecule has 25 heavy (non-hydrogen) atoms. The minimum absolute atomic E-state index is 0.0445. The van der Waals surface area contributed by atoms with Crippen LogP contribution in [0.5, 0.6) is 0 Å². The monoisotopic (exact) mass is 375 g/mol. The van der Waals surface area contributed by atoms with Crippen LogP contribution in [0.25, 0.3) is 6.08 Å². The second-order valence-electron chi connectivity index (χ2n) is 4.76. The van der Waals surface area contributed by atoms with Crippen LogP contribution in [0.3, 0.4) is 0 Å². The highest BCUT2D eigenvalue weighted by Crippen LogP contribution is 2.33. The van der Waals surface area contributed by atoms with Crippen LogP contribution in [-0.2, 0) is 9.53 Å². The van der Waals surface area contributed by atoms with Crippen molar-refractivity contribution >= 4 is 51.5 Å². The van der Waals surface area contributed by atoms with Gasteiger partial charge in [0.1, 0.15) is 16.6 Å². The number of carbonyl (C=O) groups is 3. The second kappa shape index (κ2) is 7.74. The minimum atomic E-state index is -0.720. The topological polar surface area (TPSA) is 122 Å². The Balaban J connectivity index is 2.40. The van der Waals surface area contributed by atoms with Crippen molar-refractivity contribution in [2.45, 2.75) is 6.92 Å². The Labute approximate surface area is 151 Å². The number of nitrogens with one attached hydrogen (secondary N) is 1. The molecule has 9 heteroatoms. The number of methoxy groups -OCH3 is 1. The van der Waals surface area contributed by atoms with Gasteiger partial charge in [-0.25, -0.2) is 4.79 Å². The number of anilines is 1. The molecule has 0 bridgehead atoms. The average Bonchev–Trinajstić information content (AvgIpc) is 3.19. The standard InChI is InChI=1S/C16H13N3O4S2/c1-8-11(16(22)23-2)15(25-12(8)13(18)20)19-14(21)9(7-17)6-10-4-3-5-24-10/h3-6H,1-2H3,(H2,18,20)(H,19,21). The summed E-state index contributed by atoms with van der Waals surface area (Å²) in [6.07, 6.45) is 1.44. The fraction of sp³-hybridized carbons (Fsp3) is 0.125. The Morgan fingerprint density at radius 3 is 2.64 bits per heavy atom. The fourth-order valence-corrected chi connectivity index (χ4v) is 3.72. The Hall–Kier alpha value is -2.96. The van der Waals surface area contributed by atoms with Gasteiger partial charge >= 0.3 is 5.97 Å². The molecule has 2 aromatic heterocycles.